The second kappa shape index (κ2) is 6.89. The summed E-state index contributed by atoms with van der Waals surface area (Å²) < 4.78 is 13.1. The van der Waals surface area contributed by atoms with E-state index in [1.165, 1.54) is 30.6 Å². The van der Waals surface area contributed by atoms with Gasteiger partial charge < -0.3 is 4.90 Å². The molecule has 132 valence electrons. The van der Waals surface area contributed by atoms with E-state index in [1.54, 1.807) is 12.1 Å². The zero-order chi connectivity index (χ0) is 17.3. The van der Waals surface area contributed by atoms with E-state index < -0.39 is 0 Å². The Morgan fingerprint density at radius 1 is 0.960 bits per heavy atom. The average Bonchev–Trinajstić information content (AvgIpc) is 3.08. The Labute approximate surface area is 150 Å². The van der Waals surface area contributed by atoms with Crippen LogP contribution in [0.5, 0.6) is 0 Å². The van der Waals surface area contributed by atoms with Crippen molar-refractivity contribution in [1.29, 1.82) is 0 Å². The maximum absolute atomic E-state index is 13.1. The van der Waals surface area contributed by atoms with Crippen molar-refractivity contribution in [2.45, 2.75) is 19.4 Å². The molecule has 2 nitrogen and oxygen atoms in total. The maximum Gasteiger partial charge on any atom is 0.123 e. The van der Waals surface area contributed by atoms with E-state index in [2.05, 4.69) is 47.2 Å². The van der Waals surface area contributed by atoms with Gasteiger partial charge in [-0.15, -0.1) is 0 Å². The van der Waals surface area contributed by atoms with Crippen LogP contribution in [0.25, 0.3) is 0 Å². The van der Waals surface area contributed by atoms with Gasteiger partial charge in [-0.3, -0.25) is 4.90 Å². The molecule has 3 heteroatoms. The third kappa shape index (κ3) is 3.63. The molecule has 25 heavy (non-hydrogen) atoms. The van der Waals surface area contributed by atoms with Crippen LogP contribution < -0.4 is 0 Å². The molecule has 2 atom stereocenters. The van der Waals surface area contributed by atoms with Crippen molar-refractivity contribution in [1.82, 2.24) is 9.80 Å². The summed E-state index contributed by atoms with van der Waals surface area (Å²) in [5, 5.41) is 0. The van der Waals surface area contributed by atoms with E-state index in [0.29, 0.717) is 5.41 Å². The van der Waals surface area contributed by atoms with Gasteiger partial charge in [0, 0.05) is 38.1 Å². The van der Waals surface area contributed by atoms with E-state index in [9.17, 15) is 4.39 Å². The third-order valence-corrected chi connectivity index (χ3v) is 6.07. The molecule has 0 bridgehead atoms. The van der Waals surface area contributed by atoms with Crippen molar-refractivity contribution in [3.05, 3.63) is 71.5 Å². The quantitative estimate of drug-likeness (QED) is 0.818. The van der Waals surface area contributed by atoms with Crippen LogP contribution in [0.1, 0.15) is 17.5 Å². The Bertz CT molecular complexity index is 700. The Kier molecular flexibility index (Phi) is 4.61. The molecule has 2 unspecified atom stereocenters. The molecular weight excluding hydrogens is 311 g/mol. The molecular formula is C22H27FN2. The number of fused-ring (bicyclic) bond motifs is 1. The fourth-order valence-electron chi connectivity index (χ4n) is 4.92. The standard InChI is InChI=1S/C22H27FN2/c1-24-14-20-15-25(13-19-7-9-21(23)10-8-19)17-22(20,16-24)12-11-18-5-3-2-4-6-18/h2-10,20H,11-17H2,1H3. The molecule has 2 fully saturated rings. The number of hydrogen-bond acceptors (Lipinski definition) is 2. The van der Waals surface area contributed by atoms with Gasteiger partial charge in [-0.05, 0) is 49.1 Å². The van der Waals surface area contributed by atoms with Crippen LogP contribution >= 0.6 is 0 Å². The molecule has 2 aliphatic heterocycles. The number of halogens is 1. The fraction of sp³-hybridized carbons (Fsp3) is 0.455. The Morgan fingerprint density at radius 3 is 2.48 bits per heavy atom. The van der Waals surface area contributed by atoms with E-state index in [1.807, 2.05) is 12.1 Å². The minimum absolute atomic E-state index is 0.150. The SMILES string of the molecule is CN1CC2CN(Cc3ccc(F)cc3)CC2(CCc2ccccc2)C1. The van der Waals surface area contributed by atoms with E-state index in [-0.39, 0.29) is 5.82 Å². The minimum Gasteiger partial charge on any atom is -0.305 e. The maximum atomic E-state index is 13.1. The monoisotopic (exact) mass is 338 g/mol. The third-order valence-electron chi connectivity index (χ3n) is 6.07. The van der Waals surface area contributed by atoms with Gasteiger partial charge in [0.25, 0.3) is 0 Å². The van der Waals surface area contributed by atoms with Gasteiger partial charge in [0.2, 0.25) is 0 Å². The van der Waals surface area contributed by atoms with Crippen LogP contribution in [0.15, 0.2) is 54.6 Å². The largest absolute Gasteiger partial charge is 0.305 e. The van der Waals surface area contributed by atoms with Gasteiger partial charge in [-0.2, -0.15) is 0 Å². The lowest BCUT2D eigenvalue weighted by atomic mass is 9.76. The van der Waals surface area contributed by atoms with Crippen LogP contribution in [0, 0.1) is 17.2 Å². The summed E-state index contributed by atoms with van der Waals surface area (Å²) in [4.78, 5) is 5.08. The number of likely N-dealkylation sites (tertiary alicyclic amines) is 2. The predicted octanol–water partition coefficient (Wildman–Crippen LogP) is 3.82. The highest BCUT2D eigenvalue weighted by molar-refractivity contribution is 5.18. The molecule has 0 aliphatic carbocycles. The van der Waals surface area contributed by atoms with Crippen LogP contribution in [-0.4, -0.2) is 43.0 Å². The first kappa shape index (κ1) is 16.7. The first-order valence-corrected chi connectivity index (χ1v) is 9.32. The Hall–Kier alpha value is -1.71. The van der Waals surface area contributed by atoms with E-state index >= 15 is 0 Å². The molecule has 0 aromatic heterocycles. The van der Waals surface area contributed by atoms with Gasteiger partial charge in [0.15, 0.2) is 0 Å². The van der Waals surface area contributed by atoms with Gasteiger partial charge in [-0.25, -0.2) is 4.39 Å². The first-order valence-electron chi connectivity index (χ1n) is 9.32. The van der Waals surface area contributed by atoms with Crippen LogP contribution in [0.4, 0.5) is 4.39 Å². The van der Waals surface area contributed by atoms with Crippen molar-refractivity contribution < 1.29 is 4.39 Å². The second-order valence-electron chi connectivity index (χ2n) is 8.04. The van der Waals surface area contributed by atoms with E-state index in [4.69, 9.17) is 0 Å². The summed E-state index contributed by atoms with van der Waals surface area (Å²) in [5.41, 5.74) is 3.07. The summed E-state index contributed by atoms with van der Waals surface area (Å²) >= 11 is 0. The van der Waals surface area contributed by atoms with Crippen molar-refractivity contribution in [2.24, 2.45) is 11.3 Å². The van der Waals surface area contributed by atoms with Gasteiger partial charge >= 0.3 is 0 Å². The topological polar surface area (TPSA) is 6.48 Å². The van der Waals surface area contributed by atoms with Crippen LogP contribution in [0.2, 0.25) is 0 Å². The predicted molar refractivity (Wildman–Crippen MR) is 99.9 cm³/mol. The highest BCUT2D eigenvalue weighted by Crippen LogP contribution is 2.45. The Morgan fingerprint density at radius 2 is 1.72 bits per heavy atom. The smallest absolute Gasteiger partial charge is 0.123 e. The van der Waals surface area contributed by atoms with E-state index in [0.717, 1.165) is 32.0 Å². The minimum atomic E-state index is -0.150. The van der Waals surface area contributed by atoms with Gasteiger partial charge in [0.1, 0.15) is 5.82 Å². The summed E-state index contributed by atoms with van der Waals surface area (Å²) in [6.45, 7) is 5.66. The number of benzene rings is 2. The van der Waals surface area contributed by atoms with Crippen molar-refractivity contribution >= 4 is 0 Å². The summed E-state index contributed by atoms with van der Waals surface area (Å²) in [6, 6.07) is 17.9. The van der Waals surface area contributed by atoms with Gasteiger partial charge in [0.05, 0.1) is 0 Å². The van der Waals surface area contributed by atoms with Crippen LogP contribution in [0.3, 0.4) is 0 Å². The summed E-state index contributed by atoms with van der Waals surface area (Å²) in [7, 11) is 2.26. The summed E-state index contributed by atoms with van der Waals surface area (Å²) in [5.74, 6) is 0.602. The molecule has 2 aromatic carbocycles. The average molecular weight is 338 g/mol. The molecule has 0 N–H and O–H groups in total. The highest BCUT2D eigenvalue weighted by atomic mass is 19.1. The zero-order valence-corrected chi connectivity index (χ0v) is 15.0. The highest BCUT2D eigenvalue weighted by Gasteiger charge is 2.50. The molecule has 2 saturated heterocycles. The number of hydrogen-bond donors (Lipinski definition) is 0. The molecule has 0 spiro atoms. The fourth-order valence-corrected chi connectivity index (χ4v) is 4.92. The number of rotatable bonds is 5. The zero-order valence-electron chi connectivity index (χ0n) is 15.0. The summed E-state index contributed by atoms with van der Waals surface area (Å²) in [6.07, 6.45) is 2.42. The molecule has 2 aromatic rings. The van der Waals surface area contributed by atoms with Gasteiger partial charge in [-0.1, -0.05) is 42.5 Å². The van der Waals surface area contributed by atoms with Crippen LogP contribution in [-0.2, 0) is 13.0 Å². The lowest BCUT2D eigenvalue weighted by molar-refractivity contribution is 0.211. The molecule has 0 saturated carbocycles. The van der Waals surface area contributed by atoms with Crippen molar-refractivity contribution in [3.8, 4) is 0 Å². The molecule has 0 amide bonds. The molecule has 2 aliphatic rings. The molecule has 2 heterocycles. The molecule has 4 rings (SSSR count). The molecule has 0 radical (unpaired) electrons. The lowest BCUT2D eigenvalue weighted by Crippen LogP contribution is -2.33. The Balaban J connectivity index is 1.44. The lowest BCUT2D eigenvalue weighted by Gasteiger charge is -2.29. The normalized spacial score (nSPS) is 26.9. The first-order chi connectivity index (χ1) is 12.1. The van der Waals surface area contributed by atoms with Crippen molar-refractivity contribution in [3.63, 3.8) is 0 Å². The second-order valence-corrected chi connectivity index (χ2v) is 8.04. The number of aryl methyl sites for hydroxylation is 1. The van der Waals surface area contributed by atoms with Crippen molar-refractivity contribution in [2.75, 3.05) is 33.2 Å². The number of nitrogens with zero attached hydrogens (tertiary/aromatic N) is 2.